The van der Waals surface area contributed by atoms with Crippen molar-refractivity contribution in [2.24, 2.45) is 40.4 Å². The van der Waals surface area contributed by atoms with Gasteiger partial charge in [0.15, 0.2) is 5.60 Å². The van der Waals surface area contributed by atoms with Crippen molar-refractivity contribution < 1.29 is 27.8 Å². The lowest BCUT2D eigenvalue weighted by molar-refractivity contribution is -0.296. The average Bonchev–Trinajstić information content (AvgIpc) is 3.16. The van der Waals surface area contributed by atoms with Crippen molar-refractivity contribution in [3.8, 4) is 0 Å². The molecule has 4 saturated carbocycles. The van der Waals surface area contributed by atoms with Crippen LogP contribution in [-0.2, 0) is 6.42 Å². The van der Waals surface area contributed by atoms with Gasteiger partial charge in [-0.2, -0.15) is 13.2 Å². The Kier molecular flexibility index (Phi) is 6.35. The maximum absolute atomic E-state index is 14.6. The number of benzene rings is 1. The van der Waals surface area contributed by atoms with Crippen LogP contribution in [0.15, 0.2) is 24.3 Å². The molecular formula is C29H40F4O2. The van der Waals surface area contributed by atoms with Crippen molar-refractivity contribution in [1.29, 1.82) is 0 Å². The third kappa shape index (κ3) is 4.05. The fourth-order valence-corrected chi connectivity index (χ4v) is 9.52. The van der Waals surface area contributed by atoms with Crippen LogP contribution in [0.4, 0.5) is 17.6 Å². The first kappa shape index (κ1) is 25.5. The third-order valence-electron chi connectivity index (χ3n) is 11.4. The summed E-state index contributed by atoms with van der Waals surface area (Å²) in [5.74, 6) is 0.389. The molecule has 1 aromatic rings. The van der Waals surface area contributed by atoms with E-state index in [1.807, 2.05) is 6.92 Å². The maximum Gasteiger partial charge on any atom is 0.417 e. The van der Waals surface area contributed by atoms with Crippen LogP contribution in [0.3, 0.4) is 0 Å². The summed E-state index contributed by atoms with van der Waals surface area (Å²) in [6.07, 6.45) is 2.35. The van der Waals surface area contributed by atoms with Crippen LogP contribution in [0.2, 0.25) is 0 Å². The van der Waals surface area contributed by atoms with Crippen LogP contribution in [0.25, 0.3) is 0 Å². The lowest BCUT2D eigenvalue weighted by atomic mass is 9.44. The van der Waals surface area contributed by atoms with Crippen molar-refractivity contribution in [2.75, 3.05) is 0 Å². The number of aliphatic hydroxyl groups is 2. The topological polar surface area (TPSA) is 40.5 Å². The summed E-state index contributed by atoms with van der Waals surface area (Å²) < 4.78 is 57.0. The molecule has 0 aliphatic heterocycles. The quantitative estimate of drug-likeness (QED) is 0.438. The molecular weight excluding hydrogens is 456 g/mol. The molecule has 9 atom stereocenters. The van der Waals surface area contributed by atoms with Crippen LogP contribution in [0, 0.1) is 46.2 Å². The highest BCUT2D eigenvalue weighted by atomic mass is 19.4. The minimum atomic E-state index is -4.71. The highest BCUT2D eigenvalue weighted by Gasteiger charge is 2.68. The van der Waals surface area contributed by atoms with Crippen molar-refractivity contribution in [3.63, 3.8) is 0 Å². The largest absolute Gasteiger partial charge is 0.417 e. The second-order valence-electron chi connectivity index (χ2n) is 12.8. The standard InChI is InChI=1S/C29H40F4O2/c1-26-14-12-21(34)17-19(26)5-8-22-23-9-10-25(27(23,2)15-13-24(22)26)28(35,29(31,32)33)16-11-18-3-6-20(30)7-4-18/h3-4,6-7,19,21-25,34-35H,5,8-17H2,1-2H3/t19?,21-,22-,23-,24-,25-,26-,27-,28+/m0/s1. The second kappa shape index (κ2) is 8.72. The predicted molar refractivity (Wildman–Crippen MR) is 127 cm³/mol. The number of hydrogen-bond donors (Lipinski definition) is 2. The monoisotopic (exact) mass is 496 g/mol. The first-order valence-corrected chi connectivity index (χ1v) is 13.6. The average molecular weight is 497 g/mol. The number of aliphatic hydroxyl groups excluding tert-OH is 1. The number of aryl methyl sites for hydroxylation is 1. The molecule has 196 valence electrons. The summed E-state index contributed by atoms with van der Waals surface area (Å²) in [6.45, 7) is 4.41. The molecule has 4 fully saturated rings. The molecule has 35 heavy (non-hydrogen) atoms. The van der Waals surface area contributed by atoms with E-state index in [-0.39, 0.29) is 30.3 Å². The van der Waals surface area contributed by atoms with E-state index in [0.29, 0.717) is 29.7 Å². The number of alkyl halides is 3. The fraction of sp³-hybridized carbons (Fsp3) is 0.793. The molecule has 2 nitrogen and oxygen atoms in total. The van der Waals surface area contributed by atoms with E-state index < -0.39 is 28.9 Å². The highest BCUT2D eigenvalue weighted by Crippen LogP contribution is 2.69. The molecule has 0 amide bonds. The summed E-state index contributed by atoms with van der Waals surface area (Å²) in [6, 6.07) is 5.54. The van der Waals surface area contributed by atoms with Gasteiger partial charge in [-0.15, -0.1) is 0 Å². The number of fused-ring (bicyclic) bond motifs is 5. The Morgan fingerprint density at radius 2 is 1.54 bits per heavy atom. The van der Waals surface area contributed by atoms with Gasteiger partial charge in [0.2, 0.25) is 0 Å². The maximum atomic E-state index is 14.6. The summed E-state index contributed by atoms with van der Waals surface area (Å²) >= 11 is 0. The molecule has 1 aromatic carbocycles. The summed E-state index contributed by atoms with van der Waals surface area (Å²) in [4.78, 5) is 0. The number of halogens is 4. The Morgan fingerprint density at radius 3 is 2.23 bits per heavy atom. The van der Waals surface area contributed by atoms with Crippen LogP contribution in [0.5, 0.6) is 0 Å². The summed E-state index contributed by atoms with van der Waals surface area (Å²) in [5, 5.41) is 21.6. The molecule has 0 radical (unpaired) electrons. The smallest absolute Gasteiger partial charge is 0.393 e. The lowest BCUT2D eigenvalue weighted by Gasteiger charge is -2.61. The Labute approximate surface area is 206 Å². The molecule has 0 aromatic heterocycles. The van der Waals surface area contributed by atoms with Gasteiger partial charge in [0.25, 0.3) is 0 Å². The SMILES string of the molecule is C[C@]12CC[C@H]3[C@@H](CCC4C[C@@H](O)CC[C@@]43C)[C@@H]1CC[C@@H]2[C@](O)(CCc1ccc(F)cc1)C(F)(F)F. The molecule has 4 aliphatic rings. The van der Waals surface area contributed by atoms with Gasteiger partial charge in [0.1, 0.15) is 5.82 Å². The van der Waals surface area contributed by atoms with Gasteiger partial charge in [-0.1, -0.05) is 26.0 Å². The van der Waals surface area contributed by atoms with Gasteiger partial charge < -0.3 is 10.2 Å². The van der Waals surface area contributed by atoms with Crippen LogP contribution >= 0.6 is 0 Å². The minimum Gasteiger partial charge on any atom is -0.393 e. The van der Waals surface area contributed by atoms with Gasteiger partial charge in [0, 0.05) is 5.92 Å². The van der Waals surface area contributed by atoms with E-state index in [9.17, 15) is 27.8 Å². The first-order chi connectivity index (χ1) is 16.4. The second-order valence-corrected chi connectivity index (χ2v) is 12.8. The molecule has 4 aliphatic carbocycles. The van der Waals surface area contributed by atoms with E-state index in [2.05, 4.69) is 6.92 Å². The Hall–Kier alpha value is -1.14. The van der Waals surface area contributed by atoms with Crippen molar-refractivity contribution >= 4 is 0 Å². The van der Waals surface area contributed by atoms with Gasteiger partial charge in [-0.25, -0.2) is 4.39 Å². The molecule has 0 heterocycles. The van der Waals surface area contributed by atoms with Gasteiger partial charge >= 0.3 is 6.18 Å². The van der Waals surface area contributed by atoms with Gasteiger partial charge in [-0.3, -0.25) is 0 Å². The molecule has 6 heteroatoms. The van der Waals surface area contributed by atoms with Gasteiger partial charge in [0.05, 0.1) is 6.10 Å². The van der Waals surface area contributed by atoms with Crippen molar-refractivity contribution in [2.45, 2.75) is 102 Å². The van der Waals surface area contributed by atoms with E-state index in [1.54, 1.807) is 0 Å². The van der Waals surface area contributed by atoms with E-state index in [4.69, 9.17) is 0 Å². The Morgan fingerprint density at radius 1 is 0.886 bits per heavy atom. The fourth-order valence-electron chi connectivity index (χ4n) is 9.52. The molecule has 0 spiro atoms. The summed E-state index contributed by atoms with van der Waals surface area (Å²) in [5.41, 5.74) is -2.49. The minimum absolute atomic E-state index is 0.0711. The molecule has 0 bridgehead atoms. The predicted octanol–water partition coefficient (Wildman–Crippen LogP) is 7.07. The normalized spacial score (nSPS) is 43.1. The molecule has 5 rings (SSSR count). The van der Waals surface area contributed by atoms with E-state index in [0.717, 1.165) is 51.4 Å². The van der Waals surface area contributed by atoms with Crippen molar-refractivity contribution in [3.05, 3.63) is 35.6 Å². The third-order valence-corrected chi connectivity index (χ3v) is 11.4. The highest BCUT2D eigenvalue weighted by molar-refractivity contribution is 5.18. The summed E-state index contributed by atoms with van der Waals surface area (Å²) in [7, 11) is 0. The Bertz CT molecular complexity index is 916. The first-order valence-electron chi connectivity index (χ1n) is 13.6. The van der Waals surface area contributed by atoms with Crippen LogP contribution in [-0.4, -0.2) is 28.1 Å². The lowest BCUT2D eigenvalue weighted by Crippen LogP contribution is -2.59. The zero-order valence-electron chi connectivity index (χ0n) is 21.0. The molecule has 1 unspecified atom stereocenters. The van der Waals surface area contributed by atoms with E-state index >= 15 is 0 Å². The number of hydrogen-bond acceptors (Lipinski definition) is 2. The van der Waals surface area contributed by atoms with Crippen LogP contribution < -0.4 is 0 Å². The van der Waals surface area contributed by atoms with Gasteiger partial charge in [-0.05, 0) is 123 Å². The van der Waals surface area contributed by atoms with Crippen molar-refractivity contribution in [1.82, 2.24) is 0 Å². The Balaban J connectivity index is 1.39. The molecule has 2 N–H and O–H groups in total. The van der Waals surface area contributed by atoms with E-state index in [1.165, 1.54) is 24.3 Å². The number of rotatable bonds is 4. The zero-order valence-corrected chi connectivity index (χ0v) is 21.0. The zero-order chi connectivity index (χ0) is 25.2. The van der Waals surface area contributed by atoms with Crippen LogP contribution in [0.1, 0.15) is 83.6 Å². The molecule has 0 saturated heterocycles.